The molecule has 0 aromatic heterocycles. The van der Waals surface area contributed by atoms with Crippen LogP contribution >= 0.6 is 12.2 Å². The fourth-order valence-corrected chi connectivity index (χ4v) is 6.84. The second-order valence-electron chi connectivity index (χ2n) is 11.6. The van der Waals surface area contributed by atoms with Gasteiger partial charge < -0.3 is 4.90 Å². The summed E-state index contributed by atoms with van der Waals surface area (Å²) in [6.07, 6.45) is 0. The van der Waals surface area contributed by atoms with Crippen molar-refractivity contribution in [2.24, 2.45) is 5.41 Å². The Hall–Kier alpha value is -0.780. The van der Waals surface area contributed by atoms with Gasteiger partial charge in [-0.2, -0.15) is 0 Å². The van der Waals surface area contributed by atoms with Crippen LogP contribution in [-0.2, 0) is 11.0 Å². The summed E-state index contributed by atoms with van der Waals surface area (Å²) >= 11 is 6.02. The molecule has 2 atom stereocenters. The van der Waals surface area contributed by atoms with Crippen LogP contribution in [0.25, 0.3) is 0 Å². The van der Waals surface area contributed by atoms with Crippen LogP contribution in [0.2, 0.25) is 0 Å². The molecule has 3 nitrogen and oxygen atoms in total. The molecular weight excluding hydrogens is 432 g/mol. The summed E-state index contributed by atoms with van der Waals surface area (Å²) in [5.74, 6) is 1.01. The predicted molar refractivity (Wildman–Crippen MR) is 146 cm³/mol. The van der Waals surface area contributed by atoms with E-state index in [1.165, 1.54) is 16.7 Å². The van der Waals surface area contributed by atoms with Gasteiger partial charge in [-0.3, -0.25) is 0 Å². The smallest absolute Gasteiger partial charge is 0.126 e. The van der Waals surface area contributed by atoms with E-state index in [4.69, 9.17) is 12.2 Å². The van der Waals surface area contributed by atoms with Gasteiger partial charge in [0.25, 0.3) is 0 Å². The van der Waals surface area contributed by atoms with Gasteiger partial charge in [0.2, 0.25) is 0 Å². The summed E-state index contributed by atoms with van der Waals surface area (Å²) in [7, 11) is -1.37. The molecule has 1 aromatic rings. The lowest BCUT2D eigenvalue weighted by Crippen LogP contribution is -2.56. The highest BCUT2D eigenvalue weighted by Crippen LogP contribution is 2.35. The van der Waals surface area contributed by atoms with Crippen LogP contribution in [0.15, 0.2) is 17.0 Å². The van der Waals surface area contributed by atoms with Crippen LogP contribution in [0, 0.1) is 5.41 Å². The zero-order chi connectivity index (χ0) is 25.1. The number of rotatable bonds is 9. The Morgan fingerprint density at radius 2 is 1.25 bits per heavy atom. The highest BCUT2D eigenvalue weighted by molar-refractivity contribution is 7.83. The minimum atomic E-state index is -1.37. The van der Waals surface area contributed by atoms with Gasteiger partial charge in [-0.25, -0.2) is 8.93 Å². The molecule has 32 heavy (non-hydrogen) atoms. The third-order valence-corrected chi connectivity index (χ3v) is 7.71. The fourth-order valence-electron chi connectivity index (χ4n) is 4.12. The number of thiocarbonyl (C=S) groups is 1. The van der Waals surface area contributed by atoms with Crippen LogP contribution in [0.5, 0.6) is 0 Å². The monoisotopic (exact) mass is 480 g/mol. The number of hydrogen-bond acceptors (Lipinski definition) is 2. The Balaban J connectivity index is 3.59. The van der Waals surface area contributed by atoms with E-state index in [9.17, 15) is 4.21 Å². The first kappa shape index (κ1) is 29.3. The summed E-state index contributed by atoms with van der Waals surface area (Å²) in [6, 6.07) is 4.90. The molecule has 0 saturated heterocycles. The second-order valence-corrected chi connectivity index (χ2v) is 13.2. The SMILES string of the molecule is CC(C)c1cc(C(C)C)c(S(=O)N[C@H](C(=S)N(C(C)C)C(C)C)C(C)(C)C)c(C(C)C)c1. The molecule has 0 bridgehead atoms. The quantitative estimate of drug-likeness (QED) is 0.371. The lowest BCUT2D eigenvalue weighted by atomic mass is 9.86. The molecule has 0 heterocycles. The maximum Gasteiger partial charge on any atom is 0.126 e. The molecule has 0 spiro atoms. The van der Waals surface area contributed by atoms with E-state index in [2.05, 4.69) is 112 Å². The Bertz CT molecular complexity index is 767. The molecular formula is C27H48N2OS2. The minimum absolute atomic E-state index is 0.178. The molecule has 0 aliphatic carbocycles. The lowest BCUT2D eigenvalue weighted by molar-refractivity contribution is 0.263. The lowest BCUT2D eigenvalue weighted by Gasteiger charge is -2.41. The van der Waals surface area contributed by atoms with Gasteiger partial charge in [0.05, 0.1) is 15.9 Å². The molecule has 1 unspecified atom stereocenters. The van der Waals surface area contributed by atoms with E-state index in [0.717, 1.165) is 9.88 Å². The normalized spacial score (nSPS) is 14.7. The van der Waals surface area contributed by atoms with Crippen molar-refractivity contribution >= 4 is 28.2 Å². The number of nitrogens with one attached hydrogen (secondary N) is 1. The number of nitrogens with zero attached hydrogens (tertiary/aromatic N) is 1. The van der Waals surface area contributed by atoms with Crippen LogP contribution in [0.4, 0.5) is 0 Å². The maximum atomic E-state index is 14.0. The van der Waals surface area contributed by atoms with Crippen molar-refractivity contribution in [3.63, 3.8) is 0 Å². The van der Waals surface area contributed by atoms with E-state index in [1.807, 2.05) is 0 Å². The Morgan fingerprint density at radius 3 is 1.53 bits per heavy atom. The number of hydrogen-bond donors (Lipinski definition) is 1. The van der Waals surface area contributed by atoms with E-state index >= 15 is 0 Å². The molecule has 0 radical (unpaired) electrons. The largest absolute Gasteiger partial charge is 0.360 e. The molecule has 0 aliphatic heterocycles. The zero-order valence-electron chi connectivity index (χ0n) is 22.8. The third kappa shape index (κ3) is 7.11. The summed E-state index contributed by atoms with van der Waals surface area (Å²) in [5.41, 5.74) is 3.48. The van der Waals surface area contributed by atoms with Gasteiger partial charge in [0.1, 0.15) is 11.0 Å². The Kier molecular flexibility index (Phi) is 10.6. The second kappa shape index (κ2) is 11.6. The van der Waals surface area contributed by atoms with E-state index in [1.54, 1.807) is 0 Å². The predicted octanol–water partition coefficient (Wildman–Crippen LogP) is 7.53. The first-order valence-corrected chi connectivity index (χ1v) is 13.7. The molecule has 1 aromatic carbocycles. The van der Waals surface area contributed by atoms with E-state index < -0.39 is 11.0 Å². The van der Waals surface area contributed by atoms with Crippen molar-refractivity contribution in [1.29, 1.82) is 0 Å². The van der Waals surface area contributed by atoms with Crippen molar-refractivity contribution in [2.45, 2.75) is 131 Å². The first-order chi connectivity index (χ1) is 14.5. The fraction of sp³-hybridized carbons (Fsp3) is 0.741. The average molecular weight is 481 g/mol. The van der Waals surface area contributed by atoms with Crippen LogP contribution < -0.4 is 4.72 Å². The topological polar surface area (TPSA) is 32.3 Å². The summed E-state index contributed by atoms with van der Waals surface area (Å²) < 4.78 is 17.5. The average Bonchev–Trinajstić information content (AvgIpc) is 2.62. The van der Waals surface area contributed by atoms with Gasteiger partial charge in [-0.1, -0.05) is 86.7 Å². The van der Waals surface area contributed by atoms with Crippen molar-refractivity contribution in [1.82, 2.24) is 9.62 Å². The van der Waals surface area contributed by atoms with Crippen molar-refractivity contribution in [2.75, 3.05) is 0 Å². The van der Waals surface area contributed by atoms with Crippen LogP contribution in [0.3, 0.4) is 0 Å². The molecule has 0 aliphatic rings. The standard InChI is InChI=1S/C27H48N2OS2/c1-16(2)21-14-22(17(3)4)24(23(15-21)18(5)6)32(30)28-25(27(11,12)13)26(31)29(19(7)8)20(9)10/h14-20,25,28H,1-13H3/t25-,32?/m1/s1. The molecule has 1 rings (SSSR count). The Morgan fingerprint density at radius 1 is 0.844 bits per heavy atom. The third-order valence-electron chi connectivity index (χ3n) is 5.97. The van der Waals surface area contributed by atoms with Gasteiger partial charge >= 0.3 is 0 Å². The minimum Gasteiger partial charge on any atom is -0.360 e. The zero-order valence-corrected chi connectivity index (χ0v) is 24.4. The maximum absolute atomic E-state index is 14.0. The summed E-state index contributed by atoms with van der Waals surface area (Å²) in [5, 5.41) is 0. The van der Waals surface area contributed by atoms with Crippen LogP contribution in [-0.4, -0.2) is 32.2 Å². The van der Waals surface area contributed by atoms with Gasteiger partial charge in [0.15, 0.2) is 0 Å². The molecule has 0 fully saturated rings. The highest BCUT2D eigenvalue weighted by atomic mass is 32.2. The van der Waals surface area contributed by atoms with E-state index in [-0.39, 0.29) is 35.4 Å². The number of benzene rings is 1. The molecule has 1 N–H and O–H groups in total. The molecule has 0 saturated carbocycles. The van der Waals surface area contributed by atoms with Crippen LogP contribution in [0.1, 0.15) is 124 Å². The van der Waals surface area contributed by atoms with E-state index in [0.29, 0.717) is 5.92 Å². The molecule has 184 valence electrons. The molecule has 5 heteroatoms. The van der Waals surface area contributed by atoms with Gasteiger partial charge in [0, 0.05) is 12.1 Å². The Labute approximate surface area is 206 Å². The van der Waals surface area contributed by atoms with Crippen molar-refractivity contribution in [3.8, 4) is 0 Å². The highest BCUT2D eigenvalue weighted by Gasteiger charge is 2.35. The first-order valence-electron chi connectivity index (χ1n) is 12.2. The van der Waals surface area contributed by atoms with Crippen molar-refractivity contribution in [3.05, 3.63) is 28.8 Å². The summed E-state index contributed by atoms with van der Waals surface area (Å²) in [6.45, 7) is 28.4. The van der Waals surface area contributed by atoms with Gasteiger partial charge in [-0.15, -0.1) is 0 Å². The molecule has 0 amide bonds. The van der Waals surface area contributed by atoms with Crippen molar-refractivity contribution < 1.29 is 4.21 Å². The summed E-state index contributed by atoms with van der Waals surface area (Å²) in [4.78, 5) is 4.05. The van der Waals surface area contributed by atoms with Gasteiger partial charge in [-0.05, 0) is 67.6 Å².